The quantitative estimate of drug-likeness (QED) is 0.529. The fourth-order valence-corrected chi connectivity index (χ4v) is 3.68. The molecule has 3 heterocycles. The number of hydrogen-bond donors (Lipinski definition) is 1. The molecule has 0 saturated heterocycles. The van der Waals surface area contributed by atoms with Gasteiger partial charge in [-0.05, 0) is 55.2 Å². The molecule has 0 spiro atoms. The summed E-state index contributed by atoms with van der Waals surface area (Å²) >= 11 is 0. The van der Waals surface area contributed by atoms with Crippen LogP contribution in [0.4, 0.5) is 0 Å². The Balaban J connectivity index is 1.50. The number of carbonyl (C=O) groups excluding carboxylic acids is 2. The van der Waals surface area contributed by atoms with Crippen molar-refractivity contribution in [3.8, 4) is 16.9 Å². The fraction of sp³-hybridized carbons (Fsp3) is 0.250. The van der Waals surface area contributed by atoms with E-state index >= 15 is 0 Å². The highest BCUT2D eigenvalue weighted by atomic mass is 16.2. The van der Waals surface area contributed by atoms with E-state index in [-0.39, 0.29) is 11.8 Å². The van der Waals surface area contributed by atoms with Crippen LogP contribution in [0.25, 0.3) is 22.6 Å². The molecule has 0 radical (unpaired) electrons. The predicted octanol–water partition coefficient (Wildman–Crippen LogP) is 3.09. The van der Waals surface area contributed by atoms with Crippen LogP contribution in [-0.4, -0.2) is 56.0 Å². The maximum Gasteiger partial charge on any atom is 0.254 e. The highest BCUT2D eigenvalue weighted by molar-refractivity contribution is 5.96. The second kappa shape index (κ2) is 7.64. The Morgan fingerprint density at radius 1 is 1.06 bits per heavy atom. The van der Waals surface area contributed by atoms with Crippen molar-refractivity contribution in [1.82, 2.24) is 29.4 Å². The van der Waals surface area contributed by atoms with Gasteiger partial charge in [-0.2, -0.15) is 5.10 Å². The molecule has 3 aromatic heterocycles. The van der Waals surface area contributed by atoms with Gasteiger partial charge in [-0.3, -0.25) is 14.0 Å². The van der Waals surface area contributed by atoms with E-state index in [9.17, 15) is 9.59 Å². The van der Waals surface area contributed by atoms with Crippen LogP contribution in [0.15, 0.2) is 55.1 Å². The Morgan fingerprint density at radius 2 is 1.84 bits per heavy atom. The third-order valence-corrected chi connectivity index (χ3v) is 5.68. The van der Waals surface area contributed by atoms with Crippen LogP contribution in [-0.2, 0) is 0 Å². The molecule has 162 valence electrons. The maximum atomic E-state index is 12.5. The summed E-state index contributed by atoms with van der Waals surface area (Å²) in [6, 6.07) is 9.63. The smallest absolute Gasteiger partial charge is 0.254 e. The normalized spacial score (nSPS) is 13.3. The standard InChI is InChI=1S/C24H24N6O2/c1-15-4-5-16(23(31)27-19-7-8-19)10-20(15)18-11-26-30(14-18)22-12-25-21-9-6-17(13-29(21)22)24(32)28(2)3/h4-6,9-14,19H,7-8H2,1-3H3,(H,27,31). The lowest BCUT2D eigenvalue weighted by Crippen LogP contribution is -2.25. The molecule has 1 fully saturated rings. The van der Waals surface area contributed by atoms with E-state index in [1.165, 1.54) is 0 Å². The zero-order valence-electron chi connectivity index (χ0n) is 18.2. The summed E-state index contributed by atoms with van der Waals surface area (Å²) in [7, 11) is 3.45. The molecule has 1 N–H and O–H groups in total. The van der Waals surface area contributed by atoms with Gasteiger partial charge < -0.3 is 10.2 Å². The van der Waals surface area contributed by atoms with E-state index in [4.69, 9.17) is 0 Å². The summed E-state index contributed by atoms with van der Waals surface area (Å²) in [5.74, 6) is 0.602. The molecular weight excluding hydrogens is 404 g/mol. The Kier molecular flexibility index (Phi) is 4.77. The first-order valence-corrected chi connectivity index (χ1v) is 10.6. The Morgan fingerprint density at radius 3 is 2.59 bits per heavy atom. The molecule has 5 rings (SSSR count). The van der Waals surface area contributed by atoms with Gasteiger partial charge in [0, 0.05) is 43.7 Å². The predicted molar refractivity (Wildman–Crippen MR) is 121 cm³/mol. The highest BCUT2D eigenvalue weighted by Crippen LogP contribution is 2.26. The summed E-state index contributed by atoms with van der Waals surface area (Å²) in [6.45, 7) is 2.02. The molecule has 0 atom stereocenters. The van der Waals surface area contributed by atoms with Crippen molar-refractivity contribution in [3.05, 3.63) is 71.8 Å². The Bertz CT molecular complexity index is 1350. The molecule has 0 unspecified atom stereocenters. The summed E-state index contributed by atoms with van der Waals surface area (Å²) in [5, 5.41) is 7.56. The molecule has 0 aliphatic heterocycles. The number of carbonyl (C=O) groups is 2. The third-order valence-electron chi connectivity index (χ3n) is 5.68. The molecule has 4 aromatic rings. The number of rotatable bonds is 5. The van der Waals surface area contributed by atoms with Gasteiger partial charge in [0.15, 0.2) is 5.82 Å². The van der Waals surface area contributed by atoms with Gasteiger partial charge in [0.25, 0.3) is 11.8 Å². The van der Waals surface area contributed by atoms with Crippen LogP contribution < -0.4 is 5.32 Å². The van der Waals surface area contributed by atoms with E-state index in [1.807, 2.05) is 41.8 Å². The average molecular weight is 428 g/mol. The average Bonchev–Trinajstić information content (AvgIpc) is 3.30. The summed E-state index contributed by atoms with van der Waals surface area (Å²) in [6.07, 6.45) is 9.29. The number of aryl methyl sites for hydroxylation is 1. The molecule has 1 aliphatic rings. The van der Waals surface area contributed by atoms with Gasteiger partial charge >= 0.3 is 0 Å². The van der Waals surface area contributed by atoms with Crippen LogP contribution in [0, 0.1) is 6.92 Å². The number of amides is 2. The molecule has 2 amide bonds. The van der Waals surface area contributed by atoms with Crippen molar-refractivity contribution in [2.24, 2.45) is 0 Å². The lowest BCUT2D eigenvalue weighted by Gasteiger charge is -2.11. The zero-order chi connectivity index (χ0) is 22.4. The number of fused-ring (bicyclic) bond motifs is 1. The number of aromatic nitrogens is 4. The van der Waals surface area contributed by atoms with Crippen molar-refractivity contribution < 1.29 is 9.59 Å². The molecular formula is C24H24N6O2. The largest absolute Gasteiger partial charge is 0.349 e. The van der Waals surface area contributed by atoms with Gasteiger partial charge in [0.2, 0.25) is 0 Å². The monoisotopic (exact) mass is 428 g/mol. The molecule has 8 nitrogen and oxygen atoms in total. The molecule has 32 heavy (non-hydrogen) atoms. The van der Waals surface area contributed by atoms with E-state index in [1.54, 1.807) is 48.3 Å². The van der Waals surface area contributed by atoms with Crippen LogP contribution in [0.2, 0.25) is 0 Å². The second-order valence-corrected chi connectivity index (χ2v) is 8.41. The first kappa shape index (κ1) is 20.0. The Labute approximate surface area is 185 Å². The topological polar surface area (TPSA) is 84.5 Å². The van der Waals surface area contributed by atoms with Crippen LogP contribution >= 0.6 is 0 Å². The van der Waals surface area contributed by atoms with Gasteiger partial charge in [-0.15, -0.1) is 0 Å². The van der Waals surface area contributed by atoms with Crippen LogP contribution in [0.3, 0.4) is 0 Å². The summed E-state index contributed by atoms with van der Waals surface area (Å²) in [4.78, 5) is 30.8. The first-order chi connectivity index (χ1) is 15.4. The van der Waals surface area contributed by atoms with Gasteiger partial charge in [0.05, 0.1) is 18.0 Å². The van der Waals surface area contributed by atoms with Gasteiger partial charge in [-0.1, -0.05) is 6.07 Å². The maximum absolute atomic E-state index is 12.5. The van der Waals surface area contributed by atoms with Gasteiger partial charge in [0.1, 0.15) is 5.65 Å². The fourth-order valence-electron chi connectivity index (χ4n) is 3.68. The summed E-state index contributed by atoms with van der Waals surface area (Å²) < 4.78 is 3.58. The Hall–Kier alpha value is -3.94. The lowest BCUT2D eigenvalue weighted by atomic mass is 10.0. The molecule has 1 aromatic carbocycles. The van der Waals surface area contributed by atoms with Crippen molar-refractivity contribution in [3.63, 3.8) is 0 Å². The minimum Gasteiger partial charge on any atom is -0.349 e. The first-order valence-electron chi connectivity index (χ1n) is 10.6. The summed E-state index contributed by atoms with van der Waals surface area (Å²) in [5.41, 5.74) is 4.86. The van der Waals surface area contributed by atoms with Gasteiger partial charge in [-0.25, -0.2) is 9.67 Å². The third kappa shape index (κ3) is 3.64. The minimum absolute atomic E-state index is 0.0407. The minimum atomic E-state index is -0.0791. The number of nitrogens with one attached hydrogen (secondary N) is 1. The highest BCUT2D eigenvalue weighted by Gasteiger charge is 2.24. The number of hydrogen-bond acceptors (Lipinski definition) is 4. The lowest BCUT2D eigenvalue weighted by molar-refractivity contribution is 0.0826. The van der Waals surface area contributed by atoms with E-state index in [0.29, 0.717) is 17.2 Å². The number of imidazole rings is 1. The molecule has 0 bridgehead atoms. The van der Waals surface area contributed by atoms with Crippen molar-refractivity contribution in [2.75, 3.05) is 14.1 Å². The SMILES string of the molecule is Cc1ccc(C(=O)NC2CC2)cc1-c1cnn(-c2cnc3ccc(C(=O)N(C)C)cn23)c1. The van der Waals surface area contributed by atoms with Crippen molar-refractivity contribution in [2.45, 2.75) is 25.8 Å². The van der Waals surface area contributed by atoms with Crippen LogP contribution in [0.5, 0.6) is 0 Å². The van der Waals surface area contributed by atoms with E-state index in [2.05, 4.69) is 15.4 Å². The van der Waals surface area contributed by atoms with Crippen molar-refractivity contribution in [1.29, 1.82) is 0 Å². The zero-order valence-corrected chi connectivity index (χ0v) is 18.2. The second-order valence-electron chi connectivity index (χ2n) is 8.41. The number of nitrogens with zero attached hydrogens (tertiary/aromatic N) is 5. The van der Waals surface area contributed by atoms with Crippen molar-refractivity contribution >= 4 is 17.5 Å². The number of benzene rings is 1. The molecule has 8 heteroatoms. The van der Waals surface area contributed by atoms with Crippen LogP contribution in [0.1, 0.15) is 39.1 Å². The van der Waals surface area contributed by atoms with E-state index in [0.717, 1.165) is 41.0 Å². The molecule has 1 aliphatic carbocycles. The molecule has 1 saturated carbocycles. The van der Waals surface area contributed by atoms with E-state index < -0.39 is 0 Å². The number of pyridine rings is 1.